The molecule has 0 saturated heterocycles. The summed E-state index contributed by atoms with van der Waals surface area (Å²) in [7, 11) is -5.83. The molecule has 2 aliphatic rings. The first kappa shape index (κ1) is 54.5. The maximum absolute atomic E-state index is 13.7. The van der Waals surface area contributed by atoms with Crippen LogP contribution in [0.25, 0.3) is 22.3 Å². The van der Waals surface area contributed by atoms with Gasteiger partial charge in [-0.15, -0.1) is 0 Å². The zero-order valence-corrected chi connectivity index (χ0v) is 44.6. The Hall–Kier alpha value is -6.32. The van der Waals surface area contributed by atoms with E-state index in [4.69, 9.17) is 18.9 Å². The van der Waals surface area contributed by atoms with Crippen molar-refractivity contribution >= 4 is 32.0 Å². The monoisotopic (exact) mass is 1030 g/mol. The molecule has 73 heavy (non-hydrogen) atoms. The predicted octanol–water partition coefficient (Wildman–Crippen LogP) is 12.0. The summed E-state index contributed by atoms with van der Waals surface area (Å²) < 4.78 is 80.8. The molecule has 0 fully saturated rings. The van der Waals surface area contributed by atoms with Crippen LogP contribution in [0.2, 0.25) is 0 Å². The van der Waals surface area contributed by atoms with Crippen LogP contribution in [0.5, 0.6) is 11.5 Å². The second-order valence-electron chi connectivity index (χ2n) is 20.4. The summed E-state index contributed by atoms with van der Waals surface area (Å²) in [6.45, 7) is 10.5. The molecule has 12 nitrogen and oxygen atoms in total. The quantitative estimate of drug-likeness (QED) is 0.0823. The molecule has 0 amide bonds. The minimum absolute atomic E-state index is 0.194. The first-order valence-corrected chi connectivity index (χ1v) is 27.8. The minimum Gasteiger partial charge on any atom is -0.482 e. The van der Waals surface area contributed by atoms with E-state index in [0.717, 1.165) is 83.0 Å². The van der Waals surface area contributed by atoms with E-state index in [9.17, 15) is 26.4 Å². The van der Waals surface area contributed by atoms with Crippen molar-refractivity contribution in [3.05, 3.63) is 168 Å². The van der Waals surface area contributed by atoms with E-state index in [1.54, 1.807) is 31.3 Å². The molecule has 386 valence electrons. The van der Waals surface area contributed by atoms with Gasteiger partial charge in [0.2, 0.25) is 20.0 Å². The van der Waals surface area contributed by atoms with Gasteiger partial charge in [0.25, 0.3) is 0 Å². The van der Waals surface area contributed by atoms with E-state index < -0.39 is 43.2 Å². The molecule has 2 aliphatic carbocycles. The lowest BCUT2D eigenvalue weighted by atomic mass is 9.98. The van der Waals surface area contributed by atoms with Gasteiger partial charge in [-0.05, 0) is 161 Å². The molecule has 0 bridgehead atoms. The summed E-state index contributed by atoms with van der Waals surface area (Å²) in [4.78, 5) is 24.9. The third-order valence-corrected chi connectivity index (χ3v) is 15.9. The third kappa shape index (κ3) is 14.7. The van der Waals surface area contributed by atoms with Crippen LogP contribution in [0.3, 0.4) is 0 Å². The largest absolute Gasteiger partial charge is 0.482 e. The SMILES string of the molecule is CC(C)(C)OC(=O)COc1cccc2c1CCCCC2NS(=O)(=O)c1ccc(-c2ccccc2)cc1.CN(C1CCCCc2c(OCC(=O)OC(C)(C)C)cccc21)S(=O)(=O)c1ccc(-c2ccccc2)cc1. The normalized spacial score (nSPS) is 16.1. The van der Waals surface area contributed by atoms with Crippen molar-refractivity contribution in [3.8, 4) is 33.8 Å². The van der Waals surface area contributed by atoms with Crippen molar-refractivity contribution in [3.63, 3.8) is 0 Å². The van der Waals surface area contributed by atoms with Crippen LogP contribution in [0.15, 0.2) is 155 Å². The van der Waals surface area contributed by atoms with Gasteiger partial charge in [0, 0.05) is 13.1 Å². The zero-order chi connectivity index (χ0) is 52.4. The van der Waals surface area contributed by atoms with Crippen LogP contribution in [0.4, 0.5) is 0 Å². The van der Waals surface area contributed by atoms with Crippen LogP contribution in [-0.2, 0) is 52.0 Å². The van der Waals surface area contributed by atoms with Crippen molar-refractivity contribution in [2.24, 2.45) is 0 Å². The Labute approximate surface area is 432 Å². The molecule has 0 radical (unpaired) electrons. The van der Waals surface area contributed by atoms with Crippen LogP contribution in [0.1, 0.15) is 114 Å². The number of carbonyl (C=O) groups excluding carboxylic acids is 2. The number of hydrogen-bond acceptors (Lipinski definition) is 10. The third-order valence-electron chi connectivity index (χ3n) is 12.6. The van der Waals surface area contributed by atoms with Gasteiger partial charge in [0.15, 0.2) is 13.2 Å². The number of benzene rings is 6. The molecular formula is C59H68N2O10S2. The number of sulfonamides is 2. The summed E-state index contributed by atoms with van der Waals surface area (Å²) in [5.41, 5.74) is 6.52. The number of rotatable bonds is 14. The second-order valence-corrected chi connectivity index (χ2v) is 24.1. The number of nitrogens with one attached hydrogen (secondary N) is 1. The molecule has 0 spiro atoms. The highest BCUT2D eigenvalue weighted by Crippen LogP contribution is 2.40. The summed E-state index contributed by atoms with van der Waals surface area (Å²) in [6.07, 6.45) is 6.49. The molecule has 0 aromatic heterocycles. The summed E-state index contributed by atoms with van der Waals surface area (Å²) in [5, 5.41) is 0. The number of nitrogens with zero attached hydrogens (tertiary/aromatic N) is 1. The van der Waals surface area contributed by atoms with E-state index >= 15 is 0 Å². The zero-order valence-electron chi connectivity index (χ0n) is 42.9. The summed E-state index contributed by atoms with van der Waals surface area (Å²) in [5.74, 6) is 0.323. The molecule has 0 heterocycles. The summed E-state index contributed by atoms with van der Waals surface area (Å²) >= 11 is 0. The Morgan fingerprint density at radius 3 is 1.42 bits per heavy atom. The predicted molar refractivity (Wildman–Crippen MR) is 285 cm³/mol. The smallest absolute Gasteiger partial charge is 0.344 e. The number of fused-ring (bicyclic) bond motifs is 2. The molecule has 8 rings (SSSR count). The second kappa shape index (κ2) is 23.7. The Morgan fingerprint density at radius 1 is 0.521 bits per heavy atom. The van der Waals surface area contributed by atoms with Crippen molar-refractivity contribution < 1.29 is 45.4 Å². The molecule has 2 unspecified atom stereocenters. The van der Waals surface area contributed by atoms with Gasteiger partial charge in [0.05, 0.1) is 15.8 Å². The maximum atomic E-state index is 13.7. The number of hydrogen-bond donors (Lipinski definition) is 1. The van der Waals surface area contributed by atoms with Gasteiger partial charge in [-0.2, -0.15) is 4.31 Å². The van der Waals surface area contributed by atoms with Crippen molar-refractivity contribution in [1.29, 1.82) is 0 Å². The van der Waals surface area contributed by atoms with Gasteiger partial charge < -0.3 is 18.9 Å². The number of esters is 2. The van der Waals surface area contributed by atoms with Gasteiger partial charge in [-0.25, -0.2) is 31.1 Å². The maximum Gasteiger partial charge on any atom is 0.344 e. The fraction of sp³-hybridized carbons (Fsp3) is 0.356. The van der Waals surface area contributed by atoms with Gasteiger partial charge in [0.1, 0.15) is 22.7 Å². The Kier molecular flexibility index (Phi) is 17.7. The topological polar surface area (TPSA) is 155 Å². The van der Waals surface area contributed by atoms with E-state index in [1.807, 2.05) is 163 Å². The van der Waals surface area contributed by atoms with Crippen LogP contribution < -0.4 is 14.2 Å². The van der Waals surface area contributed by atoms with Gasteiger partial charge >= 0.3 is 11.9 Å². The Bertz CT molecular complexity index is 3040. The van der Waals surface area contributed by atoms with E-state index in [0.29, 0.717) is 24.3 Å². The van der Waals surface area contributed by atoms with Crippen LogP contribution >= 0.6 is 0 Å². The molecule has 0 aliphatic heterocycles. The number of carbonyl (C=O) groups is 2. The standard InChI is InChI=1S/C30H35NO5S.C29H33NO5S/c1-30(2,3)36-29(32)21-35-28-16-10-14-25-26(28)13-8-9-15-27(25)31(4)37(33,34)24-19-17-23(18-20-24)22-11-6-5-7-12-22;1-29(2,3)35-28(31)20-34-27-15-9-13-24-25(27)12-7-8-14-26(24)30-36(32,33)23-18-16-22(17-19-23)21-10-5-4-6-11-21/h5-7,10-12,14,16-20,27H,8-9,13,15,21H2,1-4H3;4-6,9-11,13,15-19,26,30H,7-8,12,14,20H2,1-3H3. The van der Waals surface area contributed by atoms with Crippen molar-refractivity contribution in [2.45, 2.75) is 126 Å². The Morgan fingerprint density at radius 2 is 0.945 bits per heavy atom. The molecule has 6 aromatic carbocycles. The highest BCUT2D eigenvalue weighted by molar-refractivity contribution is 7.89. The van der Waals surface area contributed by atoms with E-state index in [-0.39, 0.29) is 35.1 Å². The van der Waals surface area contributed by atoms with E-state index in [2.05, 4.69) is 4.72 Å². The lowest BCUT2D eigenvalue weighted by molar-refractivity contribution is -0.158. The average molecular weight is 1030 g/mol. The average Bonchev–Trinajstić information content (AvgIpc) is 3.71. The first-order valence-electron chi connectivity index (χ1n) is 24.9. The molecular weight excluding hydrogens is 961 g/mol. The van der Waals surface area contributed by atoms with Crippen molar-refractivity contribution in [1.82, 2.24) is 9.03 Å². The molecule has 2 atom stereocenters. The highest BCUT2D eigenvalue weighted by atomic mass is 32.2. The molecule has 14 heteroatoms. The molecule has 1 N–H and O–H groups in total. The van der Waals surface area contributed by atoms with Crippen LogP contribution in [-0.4, -0.2) is 64.5 Å². The minimum atomic E-state index is -3.74. The van der Waals surface area contributed by atoms with Gasteiger partial charge in [-0.3, -0.25) is 0 Å². The number of ether oxygens (including phenoxy) is 4. The molecule has 0 saturated carbocycles. The highest BCUT2D eigenvalue weighted by Gasteiger charge is 2.33. The fourth-order valence-electron chi connectivity index (χ4n) is 9.22. The van der Waals surface area contributed by atoms with Crippen molar-refractivity contribution in [2.75, 3.05) is 20.3 Å². The first-order chi connectivity index (χ1) is 34.7. The van der Waals surface area contributed by atoms with Gasteiger partial charge in [-0.1, -0.05) is 122 Å². The fourth-order valence-corrected chi connectivity index (χ4v) is 11.8. The molecule has 6 aromatic rings. The van der Waals surface area contributed by atoms with E-state index in [1.165, 1.54) is 4.31 Å². The Balaban J connectivity index is 0.000000214. The lowest BCUT2D eigenvalue weighted by Crippen LogP contribution is -2.31. The van der Waals surface area contributed by atoms with Crippen LogP contribution in [0, 0.1) is 0 Å². The lowest BCUT2D eigenvalue weighted by Gasteiger charge is -2.29. The summed E-state index contributed by atoms with van der Waals surface area (Å²) in [6, 6.07) is 44.2.